The van der Waals surface area contributed by atoms with Crippen LogP contribution in [0.15, 0.2) is 59.1 Å². The van der Waals surface area contributed by atoms with Crippen molar-refractivity contribution in [1.82, 2.24) is 9.80 Å². The quantitative estimate of drug-likeness (QED) is 0.509. The molecule has 0 radical (unpaired) electrons. The lowest BCUT2D eigenvalue weighted by atomic mass is 9.77. The van der Waals surface area contributed by atoms with Gasteiger partial charge in [-0.2, -0.15) is 0 Å². The van der Waals surface area contributed by atoms with Crippen molar-refractivity contribution in [2.24, 2.45) is 5.41 Å². The van der Waals surface area contributed by atoms with Gasteiger partial charge in [0.2, 0.25) is 5.91 Å². The van der Waals surface area contributed by atoms with Gasteiger partial charge in [-0.05, 0) is 68.6 Å². The lowest BCUT2D eigenvalue weighted by molar-refractivity contribution is -0.138. The van der Waals surface area contributed by atoms with Crippen LogP contribution in [0.3, 0.4) is 0 Å². The zero-order valence-corrected chi connectivity index (χ0v) is 20.4. The van der Waals surface area contributed by atoms with Crippen LogP contribution in [0, 0.1) is 5.41 Å². The van der Waals surface area contributed by atoms with Crippen LogP contribution in [0.1, 0.15) is 42.7 Å². The minimum absolute atomic E-state index is 0.222. The Morgan fingerprint density at radius 2 is 1.69 bits per heavy atom. The van der Waals surface area contributed by atoms with Crippen LogP contribution in [-0.2, 0) is 20.4 Å². The number of nitrogens with zero attached hydrogens (tertiary/aromatic N) is 2. The minimum atomic E-state index is -0.416. The highest BCUT2D eigenvalue weighted by molar-refractivity contribution is 9.10. The first-order valence-electron chi connectivity index (χ1n) is 11.1. The maximum absolute atomic E-state index is 13.3. The van der Waals surface area contributed by atoms with E-state index in [-0.39, 0.29) is 11.3 Å². The molecule has 2 saturated heterocycles. The second-order valence-corrected chi connectivity index (χ2v) is 9.94. The molecule has 2 fully saturated rings. The van der Waals surface area contributed by atoms with Crippen molar-refractivity contribution < 1.29 is 13.9 Å². The van der Waals surface area contributed by atoms with E-state index in [1.165, 1.54) is 0 Å². The highest BCUT2D eigenvalue weighted by atomic mass is 79.9. The van der Waals surface area contributed by atoms with E-state index >= 15 is 0 Å². The number of amides is 1. The summed E-state index contributed by atoms with van der Waals surface area (Å²) in [5.41, 5.74) is 1.86. The number of benzene rings is 2. The highest BCUT2D eigenvalue weighted by Gasteiger charge is 2.47. The zero-order chi connectivity index (χ0) is 22.6. The first-order valence-corrected chi connectivity index (χ1v) is 12.2. The van der Waals surface area contributed by atoms with Crippen molar-refractivity contribution >= 4 is 39.7 Å². The van der Waals surface area contributed by atoms with Gasteiger partial charge in [0.05, 0.1) is 11.3 Å². The Morgan fingerprint density at radius 1 is 1.03 bits per heavy atom. The number of hydrogen-bond acceptors (Lipinski definition) is 4. The molecular formula is C25H28BrClN2O3. The molecule has 2 aromatic rings. The smallest absolute Gasteiger partial charge is 0.332 e. The molecule has 32 heavy (non-hydrogen) atoms. The summed E-state index contributed by atoms with van der Waals surface area (Å²) in [6.45, 7) is 4.02. The fraction of sp³-hybridized carbons (Fsp3) is 0.440. The summed E-state index contributed by atoms with van der Waals surface area (Å²) in [6, 6.07) is 17.8. The van der Waals surface area contributed by atoms with Crippen molar-refractivity contribution in [1.29, 1.82) is 0 Å². The molecule has 2 heterocycles. The van der Waals surface area contributed by atoms with Gasteiger partial charge >= 0.3 is 5.97 Å². The Bertz CT molecular complexity index is 930. The number of likely N-dealkylation sites (tertiary alicyclic amines) is 2. The van der Waals surface area contributed by atoms with E-state index in [4.69, 9.17) is 11.9 Å². The predicted molar refractivity (Wildman–Crippen MR) is 128 cm³/mol. The van der Waals surface area contributed by atoms with Gasteiger partial charge in [-0.1, -0.05) is 58.4 Å². The average Bonchev–Trinajstić information content (AvgIpc) is 3.12. The molecule has 2 aromatic carbocycles. The van der Waals surface area contributed by atoms with Crippen LogP contribution in [-0.4, -0.2) is 47.9 Å². The van der Waals surface area contributed by atoms with Crippen molar-refractivity contribution in [3.05, 3.63) is 70.2 Å². The van der Waals surface area contributed by atoms with E-state index in [1.54, 1.807) is 0 Å². The zero-order valence-electron chi connectivity index (χ0n) is 18.0. The molecule has 2 aliphatic heterocycles. The molecule has 7 heteroatoms. The van der Waals surface area contributed by atoms with Gasteiger partial charge in [0.15, 0.2) is 0 Å². The van der Waals surface area contributed by atoms with Crippen molar-refractivity contribution in [3.8, 4) is 0 Å². The second kappa shape index (κ2) is 10.4. The van der Waals surface area contributed by atoms with E-state index in [9.17, 15) is 9.59 Å². The van der Waals surface area contributed by atoms with Gasteiger partial charge < -0.3 is 14.1 Å². The number of halogens is 2. The molecule has 2 aliphatic rings. The number of rotatable bonds is 7. The van der Waals surface area contributed by atoms with E-state index in [0.29, 0.717) is 18.9 Å². The highest BCUT2D eigenvalue weighted by Crippen LogP contribution is 2.42. The molecule has 4 rings (SSSR count). The Morgan fingerprint density at radius 3 is 2.34 bits per heavy atom. The normalized spacial score (nSPS) is 19.3. The van der Waals surface area contributed by atoms with Gasteiger partial charge in [0.25, 0.3) is 0 Å². The monoisotopic (exact) mass is 518 g/mol. The molecular weight excluding hydrogens is 492 g/mol. The first kappa shape index (κ1) is 23.3. The maximum atomic E-state index is 13.3. The average molecular weight is 520 g/mol. The molecule has 5 nitrogen and oxygen atoms in total. The van der Waals surface area contributed by atoms with E-state index in [1.807, 2.05) is 47.4 Å². The lowest BCUT2D eigenvalue weighted by Gasteiger charge is -2.38. The molecule has 1 atom stereocenters. The standard InChI is InChI=1S/C25H28BrClN2O3/c26-21-8-6-19(7-9-21)18-29-17-13-25(24(29)31)11-15-28(16-12-25)14-10-22(23(30)32-27)20-4-2-1-3-5-20/h1-9,22H,10-18H2. The minimum Gasteiger partial charge on any atom is -0.347 e. The molecule has 0 N–H and O–H groups in total. The topological polar surface area (TPSA) is 49.9 Å². The summed E-state index contributed by atoms with van der Waals surface area (Å²) in [7, 11) is 0. The van der Waals surface area contributed by atoms with Crippen molar-refractivity contribution in [2.45, 2.75) is 38.1 Å². The van der Waals surface area contributed by atoms with E-state index in [2.05, 4.69) is 37.3 Å². The summed E-state index contributed by atoms with van der Waals surface area (Å²) in [5.74, 6) is -0.493. The van der Waals surface area contributed by atoms with Crippen LogP contribution in [0.25, 0.3) is 0 Å². The number of hydrogen-bond donors (Lipinski definition) is 0. The fourth-order valence-electron chi connectivity index (χ4n) is 4.99. The Labute approximate surface area is 203 Å². The number of piperidine rings is 1. The molecule has 0 bridgehead atoms. The summed E-state index contributed by atoms with van der Waals surface area (Å²) in [5, 5.41) is 0. The van der Waals surface area contributed by atoms with E-state index in [0.717, 1.165) is 61.0 Å². The van der Waals surface area contributed by atoms with E-state index < -0.39 is 5.97 Å². The van der Waals surface area contributed by atoms with Gasteiger partial charge in [0, 0.05) is 17.6 Å². The van der Waals surface area contributed by atoms with Gasteiger partial charge in [-0.3, -0.25) is 4.79 Å². The third-order valence-electron chi connectivity index (χ3n) is 7.00. The summed E-state index contributed by atoms with van der Waals surface area (Å²) < 4.78 is 5.57. The van der Waals surface area contributed by atoms with Crippen LogP contribution >= 0.6 is 27.8 Å². The third kappa shape index (κ3) is 5.19. The van der Waals surface area contributed by atoms with Crippen LogP contribution in [0.4, 0.5) is 0 Å². The SMILES string of the molecule is O=C(OCl)C(CCN1CCC2(CC1)CCN(Cc1ccc(Br)cc1)C2=O)c1ccccc1. The van der Waals surface area contributed by atoms with Gasteiger partial charge in [-0.15, -0.1) is 0 Å². The molecule has 1 spiro atoms. The third-order valence-corrected chi connectivity index (χ3v) is 7.68. The second-order valence-electron chi connectivity index (χ2n) is 8.87. The Kier molecular flexibility index (Phi) is 7.54. The van der Waals surface area contributed by atoms with Crippen LogP contribution < -0.4 is 0 Å². The number of carbonyl (C=O) groups is 2. The molecule has 1 unspecified atom stereocenters. The largest absolute Gasteiger partial charge is 0.347 e. The molecule has 0 aliphatic carbocycles. The molecule has 0 saturated carbocycles. The number of carbonyl (C=O) groups excluding carboxylic acids is 2. The van der Waals surface area contributed by atoms with Crippen molar-refractivity contribution in [3.63, 3.8) is 0 Å². The van der Waals surface area contributed by atoms with Gasteiger partial charge in [-0.25, -0.2) is 4.79 Å². The summed E-state index contributed by atoms with van der Waals surface area (Å²) >= 11 is 8.85. The Balaban J connectivity index is 1.31. The summed E-state index contributed by atoms with van der Waals surface area (Å²) in [4.78, 5) is 29.8. The lowest BCUT2D eigenvalue weighted by Crippen LogP contribution is -2.45. The van der Waals surface area contributed by atoms with Crippen LogP contribution in [0.2, 0.25) is 0 Å². The van der Waals surface area contributed by atoms with Gasteiger partial charge in [0.1, 0.15) is 11.9 Å². The molecule has 0 aromatic heterocycles. The summed E-state index contributed by atoms with van der Waals surface area (Å²) in [6.07, 6.45) is 3.32. The maximum Gasteiger partial charge on any atom is 0.332 e. The van der Waals surface area contributed by atoms with Crippen molar-refractivity contribution in [2.75, 3.05) is 26.2 Å². The first-order chi connectivity index (χ1) is 15.5. The molecule has 1 amide bonds. The molecule has 170 valence electrons. The Hall–Kier alpha value is -1.89. The predicted octanol–water partition coefficient (Wildman–Crippen LogP) is 5.13. The van der Waals surface area contributed by atoms with Crippen LogP contribution in [0.5, 0.6) is 0 Å². The fourth-order valence-corrected chi connectivity index (χ4v) is 5.37.